The van der Waals surface area contributed by atoms with Crippen LogP contribution in [-0.4, -0.2) is 21.2 Å². The van der Waals surface area contributed by atoms with E-state index in [-0.39, 0.29) is 23.8 Å². The van der Waals surface area contributed by atoms with Crippen molar-refractivity contribution in [2.24, 2.45) is 0 Å². The van der Waals surface area contributed by atoms with Crippen molar-refractivity contribution in [3.63, 3.8) is 0 Å². The van der Waals surface area contributed by atoms with Gasteiger partial charge in [0, 0.05) is 15.7 Å². The summed E-state index contributed by atoms with van der Waals surface area (Å²) >= 11 is 3.32. The van der Waals surface area contributed by atoms with Crippen LogP contribution in [0.2, 0.25) is 0 Å². The number of aromatic nitrogens is 2. The highest BCUT2D eigenvalue weighted by Crippen LogP contribution is 2.15. The van der Waals surface area contributed by atoms with E-state index in [1.807, 2.05) is 0 Å². The van der Waals surface area contributed by atoms with Gasteiger partial charge in [0.15, 0.2) is 5.78 Å². The van der Waals surface area contributed by atoms with Gasteiger partial charge in [-0.1, -0.05) is 15.9 Å². The molecule has 0 saturated carbocycles. The van der Waals surface area contributed by atoms with E-state index in [0.717, 1.165) is 4.47 Å². The molecule has 2 aromatic carbocycles. The summed E-state index contributed by atoms with van der Waals surface area (Å²) in [7, 11) is 0. The predicted molar refractivity (Wildman–Crippen MR) is 98.8 cm³/mol. The molecule has 1 amide bonds. The number of hydrogen-bond acceptors (Lipinski definition) is 4. The van der Waals surface area contributed by atoms with Crippen LogP contribution < -0.4 is 10.9 Å². The van der Waals surface area contributed by atoms with E-state index in [4.69, 9.17) is 0 Å². The minimum atomic E-state index is -0.353. The van der Waals surface area contributed by atoms with Gasteiger partial charge in [-0.05, 0) is 49.4 Å². The van der Waals surface area contributed by atoms with Crippen molar-refractivity contribution in [3.05, 3.63) is 69.2 Å². The second-order valence-corrected chi connectivity index (χ2v) is 6.44. The average Bonchev–Trinajstić information content (AvgIpc) is 2.58. The molecule has 0 fully saturated rings. The van der Waals surface area contributed by atoms with Crippen LogP contribution in [0.5, 0.6) is 0 Å². The largest absolute Gasteiger partial charge is 0.325 e. The predicted octanol–water partition coefficient (Wildman–Crippen LogP) is 3.00. The minimum Gasteiger partial charge on any atom is -0.325 e. The van der Waals surface area contributed by atoms with Gasteiger partial charge >= 0.3 is 0 Å². The highest BCUT2D eigenvalue weighted by Gasteiger charge is 2.09. The third-order valence-electron chi connectivity index (χ3n) is 3.68. The Bertz CT molecular complexity index is 1030. The van der Waals surface area contributed by atoms with Crippen LogP contribution in [-0.2, 0) is 11.3 Å². The number of carbonyl (C=O) groups excluding carboxylic acids is 2. The molecule has 1 aromatic heterocycles. The Labute approximate surface area is 151 Å². The minimum absolute atomic E-state index is 0.0437. The van der Waals surface area contributed by atoms with Crippen LogP contribution in [0.1, 0.15) is 17.3 Å². The van der Waals surface area contributed by atoms with E-state index in [2.05, 4.69) is 26.2 Å². The molecule has 0 spiro atoms. The maximum atomic E-state index is 12.5. The fourth-order valence-electron chi connectivity index (χ4n) is 2.39. The van der Waals surface area contributed by atoms with Crippen LogP contribution in [0.4, 0.5) is 5.69 Å². The molecule has 0 radical (unpaired) electrons. The monoisotopic (exact) mass is 399 g/mol. The molecule has 3 aromatic rings. The lowest BCUT2D eigenvalue weighted by Crippen LogP contribution is -2.27. The number of anilines is 1. The molecule has 1 N–H and O–H groups in total. The average molecular weight is 400 g/mol. The molecule has 126 valence electrons. The zero-order valence-electron chi connectivity index (χ0n) is 13.3. The SMILES string of the molecule is CC(=O)c1ccc(NC(=O)Cn2cnc3ccc(Br)cc3c2=O)cc1. The van der Waals surface area contributed by atoms with Crippen LogP contribution in [0.15, 0.2) is 58.1 Å². The summed E-state index contributed by atoms with van der Waals surface area (Å²) in [6.07, 6.45) is 1.36. The van der Waals surface area contributed by atoms with Crippen molar-refractivity contribution in [1.29, 1.82) is 0 Å². The van der Waals surface area contributed by atoms with Crippen molar-refractivity contribution >= 4 is 44.2 Å². The number of benzene rings is 2. The molecule has 0 atom stereocenters. The van der Waals surface area contributed by atoms with Crippen molar-refractivity contribution in [3.8, 4) is 0 Å². The quantitative estimate of drug-likeness (QED) is 0.683. The van der Waals surface area contributed by atoms with Crippen molar-refractivity contribution in [2.75, 3.05) is 5.32 Å². The van der Waals surface area contributed by atoms with Gasteiger partial charge in [-0.3, -0.25) is 19.0 Å². The summed E-state index contributed by atoms with van der Waals surface area (Å²) in [6, 6.07) is 11.8. The Morgan fingerprint density at radius 3 is 2.56 bits per heavy atom. The van der Waals surface area contributed by atoms with E-state index in [9.17, 15) is 14.4 Å². The zero-order valence-corrected chi connectivity index (χ0v) is 14.9. The second-order valence-electron chi connectivity index (χ2n) is 5.52. The molecule has 0 unspecified atom stereocenters. The standard InChI is InChI=1S/C18H14BrN3O3/c1-11(23)12-2-5-14(6-3-12)21-17(24)9-22-10-20-16-7-4-13(19)8-15(16)18(22)25/h2-8,10H,9H2,1H3,(H,21,24). The van der Waals surface area contributed by atoms with E-state index in [1.165, 1.54) is 17.8 Å². The summed E-state index contributed by atoms with van der Waals surface area (Å²) in [5, 5.41) is 3.14. The molecule has 25 heavy (non-hydrogen) atoms. The summed E-state index contributed by atoms with van der Waals surface area (Å²) in [4.78, 5) is 40.1. The molecule has 0 aliphatic rings. The Balaban J connectivity index is 1.79. The van der Waals surface area contributed by atoms with E-state index in [0.29, 0.717) is 22.2 Å². The maximum absolute atomic E-state index is 12.5. The maximum Gasteiger partial charge on any atom is 0.261 e. The Morgan fingerprint density at radius 2 is 1.88 bits per heavy atom. The molecule has 0 bridgehead atoms. The molecule has 7 heteroatoms. The van der Waals surface area contributed by atoms with E-state index in [1.54, 1.807) is 42.5 Å². The summed E-state index contributed by atoms with van der Waals surface area (Å²) < 4.78 is 2.03. The van der Waals surface area contributed by atoms with Crippen LogP contribution in [0, 0.1) is 0 Å². The molecular weight excluding hydrogens is 386 g/mol. The fourth-order valence-corrected chi connectivity index (χ4v) is 2.75. The van der Waals surface area contributed by atoms with Crippen LogP contribution in [0.25, 0.3) is 10.9 Å². The van der Waals surface area contributed by atoms with Gasteiger partial charge in [-0.15, -0.1) is 0 Å². The molecule has 3 rings (SSSR count). The summed E-state index contributed by atoms with van der Waals surface area (Å²) in [5.74, 6) is -0.397. The first-order chi connectivity index (χ1) is 11.9. The van der Waals surface area contributed by atoms with Gasteiger partial charge in [0.2, 0.25) is 5.91 Å². The number of hydrogen-bond donors (Lipinski definition) is 1. The third kappa shape index (κ3) is 3.83. The Morgan fingerprint density at radius 1 is 1.16 bits per heavy atom. The fraction of sp³-hybridized carbons (Fsp3) is 0.111. The first kappa shape index (κ1) is 17.0. The number of amides is 1. The lowest BCUT2D eigenvalue weighted by molar-refractivity contribution is -0.116. The van der Waals surface area contributed by atoms with E-state index < -0.39 is 0 Å². The molecule has 1 heterocycles. The first-order valence-corrected chi connectivity index (χ1v) is 8.29. The molecule has 0 aliphatic carbocycles. The van der Waals surface area contributed by atoms with Gasteiger partial charge in [0.05, 0.1) is 17.2 Å². The van der Waals surface area contributed by atoms with Crippen molar-refractivity contribution in [1.82, 2.24) is 9.55 Å². The number of Topliss-reactive ketones (excluding diaryl/α,β-unsaturated/α-hetero) is 1. The Hall–Kier alpha value is -2.80. The van der Waals surface area contributed by atoms with E-state index >= 15 is 0 Å². The second kappa shape index (κ2) is 6.98. The van der Waals surface area contributed by atoms with Gasteiger partial charge in [-0.25, -0.2) is 4.98 Å². The smallest absolute Gasteiger partial charge is 0.261 e. The van der Waals surface area contributed by atoms with Crippen molar-refractivity contribution in [2.45, 2.75) is 13.5 Å². The highest BCUT2D eigenvalue weighted by molar-refractivity contribution is 9.10. The van der Waals surface area contributed by atoms with Gasteiger partial charge in [0.25, 0.3) is 5.56 Å². The lowest BCUT2D eigenvalue weighted by Gasteiger charge is -2.08. The van der Waals surface area contributed by atoms with Crippen LogP contribution in [0.3, 0.4) is 0 Å². The van der Waals surface area contributed by atoms with Gasteiger partial charge in [0.1, 0.15) is 6.54 Å². The Kier molecular flexibility index (Phi) is 4.76. The molecule has 6 nitrogen and oxygen atoms in total. The van der Waals surface area contributed by atoms with Crippen LogP contribution >= 0.6 is 15.9 Å². The lowest BCUT2D eigenvalue weighted by atomic mass is 10.1. The summed E-state index contributed by atoms with van der Waals surface area (Å²) in [6.45, 7) is 1.33. The summed E-state index contributed by atoms with van der Waals surface area (Å²) in [5.41, 5.74) is 1.41. The number of nitrogens with zero attached hydrogens (tertiary/aromatic N) is 2. The third-order valence-corrected chi connectivity index (χ3v) is 4.17. The molecule has 0 aliphatic heterocycles. The number of ketones is 1. The first-order valence-electron chi connectivity index (χ1n) is 7.49. The number of carbonyl (C=O) groups is 2. The molecule has 0 saturated heterocycles. The van der Waals surface area contributed by atoms with Gasteiger partial charge < -0.3 is 5.32 Å². The number of nitrogens with one attached hydrogen (secondary N) is 1. The number of halogens is 1. The highest BCUT2D eigenvalue weighted by atomic mass is 79.9. The number of fused-ring (bicyclic) bond motifs is 1. The number of rotatable bonds is 4. The van der Waals surface area contributed by atoms with Gasteiger partial charge in [-0.2, -0.15) is 0 Å². The molecular formula is C18H14BrN3O3. The van der Waals surface area contributed by atoms with Crippen molar-refractivity contribution < 1.29 is 9.59 Å². The normalized spacial score (nSPS) is 10.6. The topological polar surface area (TPSA) is 81.1 Å². The zero-order chi connectivity index (χ0) is 18.0.